The van der Waals surface area contributed by atoms with Crippen LogP contribution in [0.5, 0.6) is 0 Å². The van der Waals surface area contributed by atoms with Gasteiger partial charge in [0.2, 0.25) is 11.6 Å². The van der Waals surface area contributed by atoms with Crippen LogP contribution in [0.2, 0.25) is 0 Å². The van der Waals surface area contributed by atoms with Gasteiger partial charge in [-0.15, -0.1) is 0 Å². The fourth-order valence-corrected chi connectivity index (χ4v) is 2.78. The number of amides is 1. The summed E-state index contributed by atoms with van der Waals surface area (Å²) >= 11 is 0. The summed E-state index contributed by atoms with van der Waals surface area (Å²) in [7, 11) is 0. The molecule has 6 nitrogen and oxygen atoms in total. The minimum atomic E-state index is -0.434. The molecule has 0 saturated heterocycles. The number of aromatic nitrogens is 2. The van der Waals surface area contributed by atoms with Crippen molar-refractivity contribution in [1.82, 2.24) is 0 Å². The molecule has 1 aromatic carbocycles. The van der Waals surface area contributed by atoms with Gasteiger partial charge in [-0.1, -0.05) is 29.4 Å². The van der Waals surface area contributed by atoms with Gasteiger partial charge in [-0.3, -0.25) is 4.79 Å². The van der Waals surface area contributed by atoms with Gasteiger partial charge in [-0.25, -0.2) is 4.57 Å². The molecule has 0 unspecified atom stereocenters. The number of benzene rings is 1. The molecule has 3 rings (SSSR count). The summed E-state index contributed by atoms with van der Waals surface area (Å²) in [6, 6.07) is 17.3. The zero-order chi connectivity index (χ0) is 18.4. The zero-order valence-corrected chi connectivity index (χ0v) is 18.1. The summed E-state index contributed by atoms with van der Waals surface area (Å²) in [4.78, 5) is 11.2. The van der Waals surface area contributed by atoms with Crippen molar-refractivity contribution in [3.63, 3.8) is 0 Å². The second-order valence-electron chi connectivity index (χ2n) is 5.89. The van der Waals surface area contributed by atoms with Gasteiger partial charge in [-0.05, 0) is 6.07 Å². The Morgan fingerprint density at radius 2 is 1.54 bits per heavy atom. The smallest absolute Gasteiger partial charge is 0.249 e. The normalized spacial score (nSPS) is 10.1. The second-order valence-corrected chi connectivity index (χ2v) is 5.89. The van der Waals surface area contributed by atoms with Crippen LogP contribution < -0.4 is 48.8 Å². The standard InChI is InChI=1S/C20H18N4O2.2BrH/c21-20(25)16-8-11-23(12-9-16)14-17-5-1-2-6-18(17)15-24-10-4-3-7-19(24)13-22-26;;/h1-13H,14-15H2,(H-,21,25);2*1H. The maximum atomic E-state index is 11.2. The first-order valence-corrected chi connectivity index (χ1v) is 8.19. The molecule has 2 heterocycles. The lowest BCUT2D eigenvalue weighted by atomic mass is 10.1. The van der Waals surface area contributed by atoms with Gasteiger partial charge in [0.1, 0.15) is 6.21 Å². The van der Waals surface area contributed by atoms with Crippen LogP contribution in [0, 0.1) is 0 Å². The fourth-order valence-electron chi connectivity index (χ4n) is 2.78. The first kappa shape index (κ1) is 23.5. The minimum Gasteiger partial charge on any atom is -1.00 e. The van der Waals surface area contributed by atoms with Gasteiger partial charge in [0.05, 0.1) is 5.56 Å². The molecule has 0 aliphatic carbocycles. The van der Waals surface area contributed by atoms with Gasteiger partial charge in [0.25, 0.3) is 0 Å². The Bertz CT molecular complexity index is 947. The molecule has 146 valence electrons. The Morgan fingerprint density at radius 3 is 2.14 bits per heavy atom. The van der Waals surface area contributed by atoms with Crippen LogP contribution in [-0.4, -0.2) is 17.3 Å². The first-order valence-electron chi connectivity index (χ1n) is 8.19. The quantitative estimate of drug-likeness (QED) is 0.152. The SMILES string of the molecule is NC(=O)c1cc[n+](Cc2ccccc2C[n+]2ccccc2/C=N/O)cc1.[Br-].[Br-]. The molecule has 0 bridgehead atoms. The third-order valence-electron chi connectivity index (χ3n) is 4.15. The van der Waals surface area contributed by atoms with Crippen molar-refractivity contribution in [2.75, 3.05) is 0 Å². The Balaban J connectivity index is 0.00000196. The number of primary amides is 1. The lowest BCUT2D eigenvalue weighted by molar-refractivity contribution is -0.694. The van der Waals surface area contributed by atoms with Gasteiger partial charge in [0, 0.05) is 35.4 Å². The summed E-state index contributed by atoms with van der Waals surface area (Å²) in [5.41, 5.74) is 8.90. The van der Waals surface area contributed by atoms with E-state index in [1.807, 2.05) is 58.1 Å². The molecule has 3 aromatic rings. The molecule has 3 N–H and O–H groups in total. The largest absolute Gasteiger partial charge is 1.00 e. The third-order valence-corrected chi connectivity index (χ3v) is 4.15. The number of halogens is 2. The maximum Gasteiger partial charge on any atom is 0.249 e. The highest BCUT2D eigenvalue weighted by atomic mass is 79.9. The molecular formula is C20H20Br2N4O2. The van der Waals surface area contributed by atoms with E-state index in [1.165, 1.54) is 6.21 Å². The van der Waals surface area contributed by atoms with E-state index in [1.54, 1.807) is 12.1 Å². The first-order chi connectivity index (χ1) is 12.7. The van der Waals surface area contributed by atoms with Gasteiger partial charge in [-0.2, -0.15) is 4.57 Å². The van der Waals surface area contributed by atoms with Crippen LogP contribution >= 0.6 is 0 Å². The van der Waals surface area contributed by atoms with E-state index in [-0.39, 0.29) is 34.0 Å². The van der Waals surface area contributed by atoms with Crippen molar-refractivity contribution in [2.45, 2.75) is 13.1 Å². The van der Waals surface area contributed by atoms with Crippen molar-refractivity contribution in [3.8, 4) is 0 Å². The minimum absolute atomic E-state index is 0. The number of carbonyl (C=O) groups is 1. The Labute approximate surface area is 184 Å². The topological polar surface area (TPSA) is 83.4 Å². The summed E-state index contributed by atoms with van der Waals surface area (Å²) in [5, 5.41) is 12.0. The van der Waals surface area contributed by atoms with Crippen LogP contribution in [0.25, 0.3) is 0 Å². The van der Waals surface area contributed by atoms with E-state index in [0.29, 0.717) is 18.7 Å². The van der Waals surface area contributed by atoms with E-state index >= 15 is 0 Å². The summed E-state index contributed by atoms with van der Waals surface area (Å²) in [5.74, 6) is -0.434. The molecule has 0 fully saturated rings. The van der Waals surface area contributed by atoms with E-state index in [0.717, 1.165) is 16.8 Å². The highest BCUT2D eigenvalue weighted by molar-refractivity contribution is 5.92. The van der Waals surface area contributed by atoms with Gasteiger partial charge in [0.15, 0.2) is 31.7 Å². The monoisotopic (exact) mass is 506 g/mol. The maximum absolute atomic E-state index is 11.2. The second kappa shape index (κ2) is 11.3. The molecule has 0 spiro atoms. The molecule has 0 atom stereocenters. The van der Waals surface area contributed by atoms with Crippen LogP contribution in [0.3, 0.4) is 0 Å². The molecule has 0 aliphatic heterocycles. The Hall–Kier alpha value is -2.58. The summed E-state index contributed by atoms with van der Waals surface area (Å²) in [6.45, 7) is 1.32. The molecule has 8 heteroatoms. The lowest BCUT2D eigenvalue weighted by Gasteiger charge is -2.06. The molecule has 0 saturated carbocycles. The number of carbonyl (C=O) groups excluding carboxylic acids is 1. The third kappa shape index (κ3) is 5.97. The van der Waals surface area contributed by atoms with Crippen LogP contribution in [0.15, 0.2) is 78.3 Å². The van der Waals surface area contributed by atoms with Crippen molar-refractivity contribution in [3.05, 3.63) is 95.6 Å². The zero-order valence-electron chi connectivity index (χ0n) is 15.0. The van der Waals surface area contributed by atoms with Crippen molar-refractivity contribution in [2.24, 2.45) is 10.9 Å². The number of pyridine rings is 2. The summed E-state index contributed by atoms with van der Waals surface area (Å²) < 4.78 is 4.01. The number of rotatable bonds is 6. The highest BCUT2D eigenvalue weighted by Gasteiger charge is 2.14. The number of oxime groups is 1. The molecule has 0 radical (unpaired) electrons. The Morgan fingerprint density at radius 1 is 0.929 bits per heavy atom. The average molecular weight is 508 g/mol. The van der Waals surface area contributed by atoms with Crippen LogP contribution in [0.4, 0.5) is 0 Å². The number of hydrogen-bond donors (Lipinski definition) is 2. The number of hydrogen-bond acceptors (Lipinski definition) is 3. The predicted molar refractivity (Wildman–Crippen MR) is 95.8 cm³/mol. The van der Waals surface area contributed by atoms with Crippen molar-refractivity contribution < 1.29 is 53.1 Å². The molecule has 0 aliphatic rings. The fraction of sp³-hybridized carbons (Fsp3) is 0.100. The van der Waals surface area contributed by atoms with E-state index in [9.17, 15) is 4.79 Å². The van der Waals surface area contributed by atoms with Crippen molar-refractivity contribution >= 4 is 12.1 Å². The highest BCUT2D eigenvalue weighted by Crippen LogP contribution is 2.09. The molecule has 28 heavy (non-hydrogen) atoms. The average Bonchev–Trinajstić information content (AvgIpc) is 2.65. The van der Waals surface area contributed by atoms with Crippen molar-refractivity contribution in [1.29, 1.82) is 0 Å². The molecule has 2 aromatic heterocycles. The van der Waals surface area contributed by atoms with E-state index in [4.69, 9.17) is 10.9 Å². The molecule has 1 amide bonds. The molecular weight excluding hydrogens is 488 g/mol. The Kier molecular flexibility index (Phi) is 9.47. The van der Waals surface area contributed by atoms with Crippen LogP contribution in [0.1, 0.15) is 27.2 Å². The van der Waals surface area contributed by atoms with E-state index in [2.05, 4.69) is 17.3 Å². The number of nitrogens with two attached hydrogens (primary N) is 1. The lowest BCUT2D eigenvalue weighted by Crippen LogP contribution is -3.00. The van der Waals surface area contributed by atoms with Gasteiger partial charge < -0.3 is 44.9 Å². The van der Waals surface area contributed by atoms with E-state index < -0.39 is 5.91 Å². The van der Waals surface area contributed by atoms with Gasteiger partial charge >= 0.3 is 0 Å². The predicted octanol–water partition coefficient (Wildman–Crippen LogP) is -4.73. The number of nitrogens with zero attached hydrogens (tertiary/aromatic N) is 3. The summed E-state index contributed by atoms with van der Waals surface area (Å²) in [6.07, 6.45) is 7.05. The van der Waals surface area contributed by atoms with Crippen LogP contribution in [-0.2, 0) is 13.1 Å².